The van der Waals surface area contributed by atoms with Gasteiger partial charge in [0.2, 0.25) is 0 Å². The van der Waals surface area contributed by atoms with Gasteiger partial charge >= 0.3 is 0 Å². The molecular weight excluding hydrogens is 298 g/mol. The molecule has 0 bridgehead atoms. The Balaban J connectivity index is 2.25. The maximum atomic E-state index is 11.8. The minimum atomic E-state index is -0.0455. The van der Waals surface area contributed by atoms with Crippen LogP contribution in [0.25, 0.3) is 0 Å². The van der Waals surface area contributed by atoms with E-state index in [9.17, 15) is 9.59 Å². The van der Waals surface area contributed by atoms with E-state index in [0.717, 1.165) is 17.7 Å². The van der Waals surface area contributed by atoms with Gasteiger partial charge in [-0.1, -0.05) is 15.9 Å². The van der Waals surface area contributed by atoms with Crippen LogP contribution in [-0.4, -0.2) is 37.3 Å². The molecule has 1 aromatic carbocycles. The lowest BCUT2D eigenvalue weighted by Gasteiger charge is -2.16. The molecule has 0 unspecified atom stereocenters. The molecule has 1 amide bonds. The highest BCUT2D eigenvalue weighted by Crippen LogP contribution is 2.29. The number of nitrogens with zero attached hydrogens (tertiary/aromatic N) is 1. The number of hydrogen-bond donors (Lipinski definition) is 0. The normalized spacial score (nSPS) is 13.6. The van der Waals surface area contributed by atoms with E-state index in [1.54, 1.807) is 11.0 Å². The second-order valence-corrected chi connectivity index (χ2v) is 4.69. The zero-order valence-corrected chi connectivity index (χ0v) is 11.7. The number of amides is 1. The number of ether oxygens (including phenoxy) is 1. The number of benzene rings is 1. The van der Waals surface area contributed by atoms with Gasteiger partial charge in [0.1, 0.15) is 6.61 Å². The van der Waals surface area contributed by atoms with Gasteiger partial charge in [0.15, 0.2) is 5.78 Å². The first-order valence-electron chi connectivity index (χ1n) is 5.68. The molecule has 1 aliphatic heterocycles. The number of hydrogen-bond acceptors (Lipinski definition) is 3. The van der Waals surface area contributed by atoms with Crippen molar-refractivity contribution in [3.8, 4) is 0 Å². The van der Waals surface area contributed by atoms with Crippen LogP contribution in [0.5, 0.6) is 0 Å². The van der Waals surface area contributed by atoms with Gasteiger partial charge in [0, 0.05) is 24.9 Å². The molecule has 1 aromatic rings. The van der Waals surface area contributed by atoms with E-state index >= 15 is 0 Å². The van der Waals surface area contributed by atoms with Crippen LogP contribution in [0.4, 0.5) is 5.69 Å². The van der Waals surface area contributed by atoms with Crippen molar-refractivity contribution in [1.29, 1.82) is 0 Å². The summed E-state index contributed by atoms with van der Waals surface area (Å²) < 4.78 is 4.86. The van der Waals surface area contributed by atoms with Crippen LogP contribution in [0.1, 0.15) is 15.9 Å². The van der Waals surface area contributed by atoms with Crippen molar-refractivity contribution < 1.29 is 14.3 Å². The van der Waals surface area contributed by atoms with E-state index in [2.05, 4.69) is 15.9 Å². The van der Waals surface area contributed by atoms with Crippen molar-refractivity contribution in [1.82, 2.24) is 0 Å². The van der Waals surface area contributed by atoms with Gasteiger partial charge in [-0.2, -0.15) is 0 Å². The predicted molar refractivity (Wildman–Crippen MR) is 72.5 cm³/mol. The SMILES string of the molecule is COCC(=O)N1CCc2cc(C(=O)CBr)ccc21. The van der Waals surface area contributed by atoms with Crippen molar-refractivity contribution in [3.05, 3.63) is 29.3 Å². The zero-order chi connectivity index (χ0) is 13.1. The molecule has 96 valence electrons. The van der Waals surface area contributed by atoms with E-state index < -0.39 is 0 Å². The molecule has 0 aliphatic carbocycles. The lowest BCUT2D eigenvalue weighted by molar-refractivity contribution is -0.122. The highest BCUT2D eigenvalue weighted by Gasteiger charge is 2.24. The highest BCUT2D eigenvalue weighted by molar-refractivity contribution is 9.09. The largest absolute Gasteiger partial charge is 0.375 e. The standard InChI is InChI=1S/C13H14BrNO3/c1-18-8-13(17)15-5-4-9-6-10(12(16)7-14)2-3-11(9)15/h2-3,6H,4-5,7-8H2,1H3. The van der Waals surface area contributed by atoms with Gasteiger partial charge in [-0.15, -0.1) is 0 Å². The molecule has 18 heavy (non-hydrogen) atoms. The molecule has 0 fully saturated rings. The Labute approximate surface area is 114 Å². The van der Waals surface area contributed by atoms with Crippen molar-refractivity contribution in [2.45, 2.75) is 6.42 Å². The van der Waals surface area contributed by atoms with Crippen molar-refractivity contribution in [3.63, 3.8) is 0 Å². The third-order valence-corrected chi connectivity index (χ3v) is 3.50. The fourth-order valence-electron chi connectivity index (χ4n) is 2.11. The third-order valence-electron chi connectivity index (χ3n) is 2.99. The Morgan fingerprint density at radius 3 is 2.89 bits per heavy atom. The Kier molecular flexibility index (Phi) is 4.14. The van der Waals surface area contributed by atoms with E-state index in [1.165, 1.54) is 7.11 Å². The van der Waals surface area contributed by atoms with Gasteiger partial charge in [-0.3, -0.25) is 9.59 Å². The number of ketones is 1. The number of alkyl halides is 1. The monoisotopic (exact) mass is 311 g/mol. The number of fused-ring (bicyclic) bond motifs is 1. The summed E-state index contributed by atoms with van der Waals surface area (Å²) in [6.07, 6.45) is 0.786. The number of carbonyl (C=O) groups is 2. The molecule has 5 heteroatoms. The van der Waals surface area contributed by atoms with Crippen LogP contribution in [0, 0.1) is 0 Å². The van der Waals surface area contributed by atoms with E-state index in [4.69, 9.17) is 4.74 Å². The molecule has 0 radical (unpaired) electrons. The van der Waals surface area contributed by atoms with E-state index in [0.29, 0.717) is 17.4 Å². The molecule has 0 aromatic heterocycles. The van der Waals surface area contributed by atoms with Gasteiger partial charge in [-0.05, 0) is 30.2 Å². The van der Waals surface area contributed by atoms with Crippen LogP contribution in [0.15, 0.2) is 18.2 Å². The quantitative estimate of drug-likeness (QED) is 0.629. The summed E-state index contributed by atoms with van der Waals surface area (Å²) in [5.41, 5.74) is 2.63. The number of carbonyl (C=O) groups excluding carboxylic acids is 2. The molecule has 1 heterocycles. The zero-order valence-electron chi connectivity index (χ0n) is 10.1. The van der Waals surface area contributed by atoms with Crippen LogP contribution >= 0.6 is 15.9 Å². The Bertz CT molecular complexity index is 487. The summed E-state index contributed by atoms with van der Waals surface area (Å²) in [6, 6.07) is 5.48. The van der Waals surface area contributed by atoms with E-state index in [1.807, 2.05) is 12.1 Å². The van der Waals surface area contributed by atoms with Crippen molar-refractivity contribution in [2.75, 3.05) is 30.5 Å². The van der Waals surface area contributed by atoms with Gasteiger partial charge in [-0.25, -0.2) is 0 Å². The molecule has 0 saturated heterocycles. The lowest BCUT2D eigenvalue weighted by Crippen LogP contribution is -2.31. The number of anilines is 1. The van der Waals surface area contributed by atoms with Crippen LogP contribution in [-0.2, 0) is 16.0 Å². The topological polar surface area (TPSA) is 46.6 Å². The second kappa shape index (κ2) is 5.63. The molecule has 0 atom stereocenters. The summed E-state index contributed by atoms with van der Waals surface area (Å²) in [5.74, 6) is 0.00952. The molecule has 1 aliphatic rings. The predicted octanol–water partition coefficient (Wildman–Crippen LogP) is 1.80. The fraction of sp³-hybridized carbons (Fsp3) is 0.385. The minimum Gasteiger partial charge on any atom is -0.375 e. The molecular formula is C13H14BrNO3. The summed E-state index contributed by atoms with van der Waals surface area (Å²) >= 11 is 3.16. The van der Waals surface area contributed by atoms with Crippen LogP contribution in [0.3, 0.4) is 0 Å². The van der Waals surface area contributed by atoms with Gasteiger partial charge in [0.25, 0.3) is 5.91 Å². The van der Waals surface area contributed by atoms with Crippen molar-refractivity contribution >= 4 is 33.3 Å². The molecule has 0 saturated carbocycles. The molecule has 0 N–H and O–H groups in total. The summed E-state index contributed by atoms with van der Waals surface area (Å²) in [5, 5.41) is 0.318. The Hall–Kier alpha value is -1.20. The fourth-order valence-corrected chi connectivity index (χ4v) is 2.44. The third kappa shape index (κ3) is 2.47. The Morgan fingerprint density at radius 1 is 1.44 bits per heavy atom. The summed E-state index contributed by atoms with van der Waals surface area (Å²) in [6.45, 7) is 0.741. The smallest absolute Gasteiger partial charge is 0.252 e. The van der Waals surface area contributed by atoms with E-state index in [-0.39, 0.29) is 18.3 Å². The number of methoxy groups -OCH3 is 1. The lowest BCUT2D eigenvalue weighted by atomic mass is 10.1. The second-order valence-electron chi connectivity index (χ2n) is 4.13. The van der Waals surface area contributed by atoms with Gasteiger partial charge in [0.05, 0.1) is 5.33 Å². The Morgan fingerprint density at radius 2 is 2.22 bits per heavy atom. The maximum absolute atomic E-state index is 11.8. The van der Waals surface area contributed by atoms with Crippen LogP contribution in [0.2, 0.25) is 0 Å². The first-order chi connectivity index (χ1) is 8.67. The van der Waals surface area contributed by atoms with Gasteiger partial charge < -0.3 is 9.64 Å². The summed E-state index contributed by atoms with van der Waals surface area (Å²) in [4.78, 5) is 25.1. The van der Waals surface area contributed by atoms with Crippen LogP contribution < -0.4 is 4.90 Å². The average Bonchev–Trinajstić information content (AvgIpc) is 2.80. The maximum Gasteiger partial charge on any atom is 0.252 e. The molecule has 2 rings (SSSR count). The first kappa shape index (κ1) is 13.2. The molecule has 4 nitrogen and oxygen atoms in total. The summed E-state index contributed by atoms with van der Waals surface area (Å²) in [7, 11) is 1.51. The molecule has 0 spiro atoms. The number of halogens is 1. The average molecular weight is 312 g/mol. The first-order valence-corrected chi connectivity index (χ1v) is 6.81. The minimum absolute atomic E-state index is 0.0455. The van der Waals surface area contributed by atoms with Crippen molar-refractivity contribution in [2.24, 2.45) is 0 Å². The number of rotatable bonds is 4. The number of Topliss-reactive ketones (excluding diaryl/α,β-unsaturated/α-hetero) is 1. The highest BCUT2D eigenvalue weighted by atomic mass is 79.9.